The van der Waals surface area contributed by atoms with Crippen LogP contribution in [0.4, 0.5) is 17.2 Å². The molecule has 1 fully saturated rings. The number of hydrogen-bond acceptors (Lipinski definition) is 6. The van der Waals surface area contributed by atoms with Crippen molar-refractivity contribution in [3.05, 3.63) is 41.9 Å². The zero-order chi connectivity index (χ0) is 17.1. The zero-order valence-corrected chi connectivity index (χ0v) is 14.3. The van der Waals surface area contributed by atoms with Gasteiger partial charge in [0.15, 0.2) is 11.5 Å². The van der Waals surface area contributed by atoms with E-state index in [-0.39, 0.29) is 0 Å². The van der Waals surface area contributed by atoms with Gasteiger partial charge < -0.3 is 15.1 Å². The van der Waals surface area contributed by atoms with Gasteiger partial charge in [-0.1, -0.05) is 6.07 Å². The van der Waals surface area contributed by atoms with Crippen molar-refractivity contribution in [2.24, 2.45) is 0 Å². The predicted molar refractivity (Wildman–Crippen MR) is 95.5 cm³/mol. The number of hydrogen-bond donors (Lipinski definition) is 1. The number of rotatable bonds is 4. The lowest BCUT2D eigenvalue weighted by Crippen LogP contribution is -2.31. The van der Waals surface area contributed by atoms with Gasteiger partial charge in [0.05, 0.1) is 0 Å². The van der Waals surface area contributed by atoms with E-state index in [1.807, 2.05) is 6.07 Å². The molecule has 0 saturated carbocycles. The van der Waals surface area contributed by atoms with E-state index in [0.717, 1.165) is 18.8 Å². The molecule has 6 heteroatoms. The number of likely N-dealkylation sites (N-methyl/N-ethyl adjacent to an activating group) is 1. The van der Waals surface area contributed by atoms with Crippen LogP contribution in [0, 0.1) is 18.3 Å². The van der Waals surface area contributed by atoms with Crippen molar-refractivity contribution < 1.29 is 0 Å². The van der Waals surface area contributed by atoms with Crippen LogP contribution in [0.5, 0.6) is 0 Å². The fraction of sp³-hybridized carbons (Fsp3) is 0.389. The molecular formula is C18H22N6. The van der Waals surface area contributed by atoms with E-state index >= 15 is 0 Å². The summed E-state index contributed by atoms with van der Waals surface area (Å²) in [4.78, 5) is 13.0. The molecule has 6 nitrogen and oxygen atoms in total. The van der Waals surface area contributed by atoms with Crippen LogP contribution in [0.3, 0.4) is 0 Å². The van der Waals surface area contributed by atoms with Gasteiger partial charge in [0, 0.05) is 42.9 Å². The van der Waals surface area contributed by atoms with Crippen molar-refractivity contribution in [2.75, 3.05) is 37.4 Å². The Hall–Kier alpha value is -2.65. The topological polar surface area (TPSA) is 68.1 Å². The van der Waals surface area contributed by atoms with Gasteiger partial charge in [-0.3, -0.25) is 0 Å². The molecule has 0 bridgehead atoms. The number of aromatic nitrogens is 2. The molecule has 1 aliphatic heterocycles. The normalized spacial score (nSPS) is 17.1. The Balaban J connectivity index is 1.83. The molecule has 1 unspecified atom stereocenters. The molecule has 1 aromatic carbocycles. The molecule has 0 radical (unpaired) electrons. The first kappa shape index (κ1) is 16.2. The summed E-state index contributed by atoms with van der Waals surface area (Å²) < 4.78 is 0. The summed E-state index contributed by atoms with van der Waals surface area (Å²) >= 11 is 0. The molecule has 2 aromatic rings. The second kappa shape index (κ2) is 6.85. The SMILES string of the molecule is Cc1ccc(Nc2nccnc2C#N)cc1N1CCC(N(C)C)C1. The lowest BCUT2D eigenvalue weighted by Gasteiger charge is -2.24. The van der Waals surface area contributed by atoms with E-state index in [1.54, 1.807) is 6.20 Å². The third kappa shape index (κ3) is 3.31. The summed E-state index contributed by atoms with van der Waals surface area (Å²) in [6, 6.07) is 8.89. The number of nitrogens with zero attached hydrogens (tertiary/aromatic N) is 5. The van der Waals surface area contributed by atoms with E-state index in [4.69, 9.17) is 5.26 Å². The minimum Gasteiger partial charge on any atom is -0.370 e. The smallest absolute Gasteiger partial charge is 0.183 e. The van der Waals surface area contributed by atoms with Gasteiger partial charge in [-0.05, 0) is 45.1 Å². The Bertz CT molecular complexity index is 764. The van der Waals surface area contributed by atoms with Crippen LogP contribution < -0.4 is 10.2 Å². The second-order valence-electron chi connectivity index (χ2n) is 6.34. The Morgan fingerprint density at radius 3 is 2.79 bits per heavy atom. The molecule has 3 rings (SSSR count). The van der Waals surface area contributed by atoms with E-state index < -0.39 is 0 Å². The van der Waals surface area contributed by atoms with Crippen LogP contribution in [-0.2, 0) is 0 Å². The molecule has 0 amide bonds. The molecule has 1 saturated heterocycles. The van der Waals surface area contributed by atoms with Crippen molar-refractivity contribution in [2.45, 2.75) is 19.4 Å². The van der Waals surface area contributed by atoms with Gasteiger partial charge in [-0.25, -0.2) is 9.97 Å². The number of aryl methyl sites for hydroxylation is 1. The van der Waals surface area contributed by atoms with Gasteiger partial charge in [0.1, 0.15) is 6.07 Å². The molecule has 24 heavy (non-hydrogen) atoms. The average Bonchev–Trinajstić information content (AvgIpc) is 3.07. The van der Waals surface area contributed by atoms with Crippen LogP contribution >= 0.6 is 0 Å². The van der Waals surface area contributed by atoms with Crippen LogP contribution in [0.1, 0.15) is 17.7 Å². The summed E-state index contributed by atoms with van der Waals surface area (Å²) in [5.41, 5.74) is 3.70. The molecule has 0 spiro atoms. The first-order chi connectivity index (χ1) is 11.6. The molecular weight excluding hydrogens is 300 g/mol. The second-order valence-corrected chi connectivity index (χ2v) is 6.34. The van der Waals surface area contributed by atoms with Crippen LogP contribution in [0.15, 0.2) is 30.6 Å². The van der Waals surface area contributed by atoms with Gasteiger partial charge in [0.25, 0.3) is 0 Å². The Morgan fingerprint density at radius 1 is 1.29 bits per heavy atom. The highest BCUT2D eigenvalue weighted by atomic mass is 15.2. The third-order valence-electron chi connectivity index (χ3n) is 4.51. The standard InChI is InChI=1S/C18H22N6/c1-13-4-5-14(22-18-16(11-19)20-7-8-21-18)10-17(13)24-9-6-15(12-24)23(2)3/h4-5,7-8,10,15H,6,9,12H2,1-3H3,(H,21,22). The lowest BCUT2D eigenvalue weighted by molar-refractivity contribution is 0.315. The molecule has 1 aromatic heterocycles. The summed E-state index contributed by atoms with van der Waals surface area (Å²) in [5.74, 6) is 0.488. The van der Waals surface area contributed by atoms with Crippen molar-refractivity contribution in [1.82, 2.24) is 14.9 Å². The van der Waals surface area contributed by atoms with Crippen LogP contribution in [0.2, 0.25) is 0 Å². The van der Waals surface area contributed by atoms with Crippen molar-refractivity contribution in [3.63, 3.8) is 0 Å². The van der Waals surface area contributed by atoms with Gasteiger partial charge in [0.2, 0.25) is 0 Å². The minimum atomic E-state index is 0.300. The maximum Gasteiger partial charge on any atom is 0.183 e. The van der Waals surface area contributed by atoms with Gasteiger partial charge in [-0.2, -0.15) is 5.26 Å². The largest absolute Gasteiger partial charge is 0.370 e. The summed E-state index contributed by atoms with van der Waals surface area (Å²) in [7, 11) is 4.27. The van der Waals surface area contributed by atoms with Gasteiger partial charge in [-0.15, -0.1) is 0 Å². The first-order valence-corrected chi connectivity index (χ1v) is 8.08. The van der Waals surface area contributed by atoms with Crippen LogP contribution in [-0.4, -0.2) is 48.1 Å². The average molecular weight is 322 g/mol. The lowest BCUT2D eigenvalue weighted by atomic mass is 10.1. The molecule has 0 aliphatic carbocycles. The van der Waals surface area contributed by atoms with E-state index in [0.29, 0.717) is 17.6 Å². The fourth-order valence-electron chi connectivity index (χ4n) is 3.06. The first-order valence-electron chi connectivity index (χ1n) is 8.08. The Labute approximate surface area is 142 Å². The van der Waals surface area contributed by atoms with Crippen molar-refractivity contribution in [1.29, 1.82) is 5.26 Å². The molecule has 1 atom stereocenters. The highest BCUT2D eigenvalue weighted by Gasteiger charge is 2.25. The molecule has 2 heterocycles. The summed E-state index contributed by atoms with van der Waals surface area (Å²) in [6.07, 6.45) is 4.28. The van der Waals surface area contributed by atoms with Crippen LogP contribution in [0.25, 0.3) is 0 Å². The fourth-order valence-corrected chi connectivity index (χ4v) is 3.06. The Kier molecular flexibility index (Phi) is 4.63. The highest BCUT2D eigenvalue weighted by Crippen LogP contribution is 2.29. The van der Waals surface area contributed by atoms with E-state index in [2.05, 4.69) is 64.3 Å². The molecule has 124 valence electrons. The predicted octanol–water partition coefficient (Wildman–Crippen LogP) is 2.54. The maximum absolute atomic E-state index is 9.14. The number of anilines is 3. The van der Waals surface area contributed by atoms with Gasteiger partial charge >= 0.3 is 0 Å². The number of nitriles is 1. The monoisotopic (exact) mass is 322 g/mol. The van der Waals surface area contributed by atoms with E-state index in [9.17, 15) is 0 Å². The Morgan fingerprint density at radius 2 is 2.08 bits per heavy atom. The molecule has 1 aliphatic rings. The number of benzene rings is 1. The van der Waals surface area contributed by atoms with Crippen molar-refractivity contribution in [3.8, 4) is 6.07 Å². The maximum atomic E-state index is 9.14. The quantitative estimate of drug-likeness (QED) is 0.933. The highest BCUT2D eigenvalue weighted by molar-refractivity contribution is 5.68. The third-order valence-corrected chi connectivity index (χ3v) is 4.51. The summed E-state index contributed by atoms with van der Waals surface area (Å²) in [5, 5.41) is 12.4. The zero-order valence-electron chi connectivity index (χ0n) is 14.3. The van der Waals surface area contributed by atoms with E-state index in [1.165, 1.54) is 23.9 Å². The number of nitrogens with one attached hydrogen (secondary N) is 1. The van der Waals surface area contributed by atoms with Crippen molar-refractivity contribution >= 4 is 17.2 Å². The minimum absolute atomic E-state index is 0.300. The summed E-state index contributed by atoms with van der Waals surface area (Å²) in [6.45, 7) is 4.22. The molecule has 1 N–H and O–H groups in total.